The molecule has 134 valence electrons. The van der Waals surface area contributed by atoms with E-state index in [9.17, 15) is 14.4 Å². The second kappa shape index (κ2) is 7.30. The van der Waals surface area contributed by atoms with Gasteiger partial charge in [-0.2, -0.15) is 0 Å². The summed E-state index contributed by atoms with van der Waals surface area (Å²) in [4.78, 5) is 40.1. The third kappa shape index (κ3) is 3.35. The lowest BCUT2D eigenvalue weighted by atomic mass is 10.1. The molecule has 0 aliphatic carbocycles. The summed E-state index contributed by atoms with van der Waals surface area (Å²) in [5.41, 5.74) is 2.18. The zero-order valence-corrected chi connectivity index (χ0v) is 15.4. The first-order valence-electron chi connectivity index (χ1n) is 8.44. The van der Waals surface area contributed by atoms with Gasteiger partial charge >= 0.3 is 6.03 Å². The van der Waals surface area contributed by atoms with Gasteiger partial charge in [-0.15, -0.1) is 0 Å². The number of halogens is 1. The molecule has 0 saturated carbocycles. The van der Waals surface area contributed by atoms with Crippen LogP contribution in [0, 0.1) is 0 Å². The van der Waals surface area contributed by atoms with Crippen molar-refractivity contribution in [3.05, 3.63) is 64.7 Å². The van der Waals surface area contributed by atoms with Crippen molar-refractivity contribution >= 4 is 35.0 Å². The highest BCUT2D eigenvalue weighted by molar-refractivity contribution is 6.30. The minimum absolute atomic E-state index is 0.264. The Bertz CT molecular complexity index is 846. The quantitative estimate of drug-likeness (QED) is 0.591. The summed E-state index contributed by atoms with van der Waals surface area (Å²) in [6.45, 7) is 3.41. The Kier molecular flexibility index (Phi) is 5.09. The van der Waals surface area contributed by atoms with E-state index in [1.807, 2.05) is 19.1 Å². The molecule has 0 unspecified atom stereocenters. The molecule has 6 heteroatoms. The van der Waals surface area contributed by atoms with Crippen molar-refractivity contribution in [3.63, 3.8) is 0 Å². The third-order valence-corrected chi connectivity index (χ3v) is 4.79. The van der Waals surface area contributed by atoms with Gasteiger partial charge in [0.2, 0.25) is 0 Å². The monoisotopic (exact) mass is 370 g/mol. The van der Waals surface area contributed by atoms with Crippen molar-refractivity contribution in [1.82, 2.24) is 4.90 Å². The number of ketones is 1. The van der Waals surface area contributed by atoms with Crippen molar-refractivity contribution < 1.29 is 14.4 Å². The largest absolute Gasteiger partial charge is 0.332 e. The fourth-order valence-electron chi connectivity index (χ4n) is 2.97. The van der Waals surface area contributed by atoms with E-state index in [0.717, 1.165) is 16.9 Å². The molecular formula is C20H19ClN2O3. The van der Waals surface area contributed by atoms with E-state index in [-0.39, 0.29) is 18.2 Å². The van der Waals surface area contributed by atoms with Crippen LogP contribution in [0.4, 0.5) is 10.5 Å². The Hall–Kier alpha value is -2.66. The highest BCUT2D eigenvalue weighted by atomic mass is 35.5. The fourth-order valence-corrected chi connectivity index (χ4v) is 3.09. The third-order valence-electron chi connectivity index (χ3n) is 4.54. The van der Waals surface area contributed by atoms with E-state index in [1.54, 1.807) is 43.3 Å². The van der Waals surface area contributed by atoms with Gasteiger partial charge in [-0.25, -0.2) is 4.79 Å². The van der Waals surface area contributed by atoms with Crippen LogP contribution < -0.4 is 4.90 Å². The topological polar surface area (TPSA) is 57.7 Å². The van der Waals surface area contributed by atoms with Crippen LogP contribution in [0.25, 0.3) is 0 Å². The molecule has 3 rings (SSSR count). The maximum atomic E-state index is 12.7. The summed E-state index contributed by atoms with van der Waals surface area (Å²) in [6, 6.07) is 12.7. The Morgan fingerprint density at radius 1 is 1.04 bits per heavy atom. The van der Waals surface area contributed by atoms with Crippen molar-refractivity contribution in [1.29, 1.82) is 0 Å². The number of urea groups is 1. The molecule has 3 amide bonds. The average molecular weight is 371 g/mol. The average Bonchev–Trinajstić information content (AvgIpc) is 2.86. The molecule has 1 fully saturated rings. The van der Waals surface area contributed by atoms with Crippen LogP contribution in [-0.2, 0) is 11.2 Å². The molecule has 5 nitrogen and oxygen atoms in total. The van der Waals surface area contributed by atoms with Gasteiger partial charge in [-0.1, -0.05) is 42.8 Å². The zero-order chi connectivity index (χ0) is 18.8. The number of hydrogen-bond donors (Lipinski definition) is 0. The zero-order valence-electron chi connectivity index (χ0n) is 14.6. The molecule has 0 aromatic heterocycles. The van der Waals surface area contributed by atoms with Gasteiger partial charge in [0.05, 0.1) is 6.54 Å². The van der Waals surface area contributed by atoms with Gasteiger partial charge in [0, 0.05) is 16.3 Å². The molecule has 1 atom stereocenters. The van der Waals surface area contributed by atoms with Crippen LogP contribution >= 0.6 is 11.6 Å². The lowest BCUT2D eigenvalue weighted by molar-refractivity contribution is -0.126. The second-order valence-corrected chi connectivity index (χ2v) is 6.64. The number of anilines is 1. The maximum Gasteiger partial charge on any atom is 0.332 e. The number of rotatable bonds is 5. The van der Waals surface area contributed by atoms with Crippen molar-refractivity contribution in [2.24, 2.45) is 0 Å². The normalized spacial score (nSPS) is 17.1. The molecule has 2 aromatic carbocycles. The number of aryl methyl sites for hydroxylation is 1. The Balaban J connectivity index is 1.79. The second-order valence-electron chi connectivity index (χ2n) is 6.20. The van der Waals surface area contributed by atoms with Crippen molar-refractivity contribution in [2.75, 3.05) is 11.4 Å². The van der Waals surface area contributed by atoms with Crippen LogP contribution in [0.15, 0.2) is 48.5 Å². The summed E-state index contributed by atoms with van der Waals surface area (Å²) in [7, 11) is 0. The lowest BCUT2D eigenvalue weighted by Gasteiger charge is -2.19. The van der Waals surface area contributed by atoms with Crippen molar-refractivity contribution in [3.8, 4) is 0 Å². The number of hydrogen-bond acceptors (Lipinski definition) is 3. The molecule has 0 N–H and O–H groups in total. The summed E-state index contributed by atoms with van der Waals surface area (Å²) in [5, 5.41) is 0.543. The fraction of sp³-hybridized carbons (Fsp3) is 0.250. The predicted octanol–water partition coefficient (Wildman–Crippen LogP) is 3.94. The highest BCUT2D eigenvalue weighted by Crippen LogP contribution is 2.27. The molecule has 1 aliphatic heterocycles. The van der Waals surface area contributed by atoms with Crippen LogP contribution in [0.3, 0.4) is 0 Å². The van der Waals surface area contributed by atoms with Gasteiger partial charge in [0.15, 0.2) is 5.78 Å². The van der Waals surface area contributed by atoms with Gasteiger partial charge < -0.3 is 0 Å². The summed E-state index contributed by atoms with van der Waals surface area (Å²) >= 11 is 5.88. The van der Waals surface area contributed by atoms with Gasteiger partial charge in [0.1, 0.15) is 6.04 Å². The number of amides is 3. The molecule has 1 aliphatic rings. The van der Waals surface area contributed by atoms with Gasteiger partial charge in [0.25, 0.3) is 5.91 Å². The van der Waals surface area contributed by atoms with Crippen LogP contribution in [0.5, 0.6) is 0 Å². The standard InChI is InChI=1S/C20H19ClN2O3/c1-3-14-4-6-15(7-5-14)18(24)12-22-19(25)13(2)23(20(22)26)17-10-8-16(21)9-11-17/h4-11,13H,3,12H2,1-2H3/t13-/m1/s1. The smallest absolute Gasteiger partial charge is 0.292 e. The van der Waals surface area contributed by atoms with Crippen LogP contribution in [0.2, 0.25) is 5.02 Å². The molecule has 26 heavy (non-hydrogen) atoms. The molecule has 1 saturated heterocycles. The van der Waals surface area contributed by atoms with Crippen LogP contribution in [-0.4, -0.2) is 35.2 Å². The van der Waals surface area contributed by atoms with E-state index in [0.29, 0.717) is 16.3 Å². The highest BCUT2D eigenvalue weighted by Gasteiger charge is 2.44. The minimum atomic E-state index is -0.668. The van der Waals surface area contributed by atoms with E-state index in [2.05, 4.69) is 0 Å². The predicted molar refractivity (Wildman–Crippen MR) is 101 cm³/mol. The first kappa shape index (κ1) is 18.1. The maximum absolute atomic E-state index is 12.7. The molecule has 0 spiro atoms. The van der Waals surface area contributed by atoms with E-state index in [4.69, 9.17) is 11.6 Å². The number of nitrogens with zero attached hydrogens (tertiary/aromatic N) is 2. The number of Topliss-reactive ketones (excluding diaryl/α,β-unsaturated/α-hetero) is 1. The number of benzene rings is 2. The minimum Gasteiger partial charge on any atom is -0.292 e. The Morgan fingerprint density at radius 3 is 2.23 bits per heavy atom. The van der Waals surface area contributed by atoms with E-state index >= 15 is 0 Å². The van der Waals surface area contributed by atoms with Crippen molar-refractivity contribution in [2.45, 2.75) is 26.3 Å². The summed E-state index contributed by atoms with van der Waals surface area (Å²) in [5.74, 6) is -0.650. The SMILES string of the molecule is CCc1ccc(C(=O)CN2C(=O)[C@@H](C)N(c3ccc(Cl)cc3)C2=O)cc1. The van der Waals surface area contributed by atoms with E-state index < -0.39 is 12.1 Å². The summed E-state index contributed by atoms with van der Waals surface area (Å²) < 4.78 is 0. The van der Waals surface area contributed by atoms with Gasteiger partial charge in [-0.3, -0.25) is 19.4 Å². The number of carbonyl (C=O) groups excluding carboxylic acids is 3. The number of carbonyl (C=O) groups is 3. The molecule has 1 heterocycles. The van der Waals surface area contributed by atoms with Crippen LogP contribution in [0.1, 0.15) is 29.8 Å². The Morgan fingerprint density at radius 2 is 1.65 bits per heavy atom. The Labute approximate surface area is 157 Å². The van der Waals surface area contributed by atoms with E-state index in [1.165, 1.54) is 4.90 Å². The number of imide groups is 1. The first-order valence-corrected chi connectivity index (χ1v) is 8.82. The summed E-state index contributed by atoms with van der Waals surface area (Å²) in [6.07, 6.45) is 0.880. The molecule has 0 radical (unpaired) electrons. The lowest BCUT2D eigenvalue weighted by Crippen LogP contribution is -2.37. The molecule has 2 aromatic rings. The van der Waals surface area contributed by atoms with Gasteiger partial charge in [-0.05, 0) is 43.2 Å². The molecular weight excluding hydrogens is 352 g/mol. The molecule has 0 bridgehead atoms. The first-order chi connectivity index (χ1) is 12.4.